The summed E-state index contributed by atoms with van der Waals surface area (Å²) >= 11 is 0. The summed E-state index contributed by atoms with van der Waals surface area (Å²) in [4.78, 5) is 34.2. The van der Waals surface area contributed by atoms with E-state index in [4.69, 9.17) is 4.74 Å². The van der Waals surface area contributed by atoms with Crippen LogP contribution in [0, 0.1) is 0 Å². The molecule has 0 saturated heterocycles. The topological polar surface area (TPSA) is 96.1 Å². The van der Waals surface area contributed by atoms with Crippen LogP contribution >= 0.6 is 0 Å². The highest BCUT2D eigenvalue weighted by Gasteiger charge is 2.24. The number of carbonyl (C=O) groups excluding carboxylic acids is 2. The fraction of sp³-hybridized carbons (Fsp3) is 0.219. The Morgan fingerprint density at radius 2 is 1.64 bits per heavy atom. The van der Waals surface area contributed by atoms with Crippen LogP contribution in [0.5, 0.6) is 0 Å². The van der Waals surface area contributed by atoms with E-state index in [1.165, 1.54) is 0 Å². The van der Waals surface area contributed by atoms with Gasteiger partial charge in [-0.25, -0.2) is 4.79 Å². The maximum Gasteiger partial charge on any atom is 0.407 e. The maximum atomic E-state index is 14.0. The van der Waals surface area contributed by atoms with E-state index in [-0.39, 0.29) is 18.5 Å². The number of aromatic nitrogens is 2. The normalized spacial score (nSPS) is 12.3. The van der Waals surface area contributed by atoms with Crippen LogP contribution < -0.4 is 10.6 Å². The van der Waals surface area contributed by atoms with Gasteiger partial charge in [0.25, 0.3) is 5.91 Å². The van der Waals surface area contributed by atoms with E-state index in [2.05, 4.69) is 20.6 Å². The summed E-state index contributed by atoms with van der Waals surface area (Å²) in [6.07, 6.45) is 3.59. The zero-order valence-corrected chi connectivity index (χ0v) is 22.3. The van der Waals surface area contributed by atoms with Crippen LogP contribution in [0.15, 0.2) is 91.3 Å². The molecule has 0 radical (unpaired) electrons. The highest BCUT2D eigenvalue weighted by atomic mass is 16.6. The molecular weight excluding hydrogens is 488 g/mol. The van der Waals surface area contributed by atoms with Crippen molar-refractivity contribution in [2.75, 3.05) is 6.54 Å². The van der Waals surface area contributed by atoms with Gasteiger partial charge in [-0.1, -0.05) is 72.8 Å². The molecule has 2 heterocycles. The molecule has 5 rings (SSSR count). The minimum Gasteiger partial charge on any atom is -0.444 e. The van der Waals surface area contributed by atoms with Crippen LogP contribution in [0.4, 0.5) is 4.79 Å². The molecule has 7 heteroatoms. The van der Waals surface area contributed by atoms with Crippen molar-refractivity contribution in [1.82, 2.24) is 20.6 Å². The minimum absolute atomic E-state index is 0.215. The quantitative estimate of drug-likeness (QED) is 0.236. The average molecular weight is 521 g/mol. The predicted octanol–water partition coefficient (Wildman–Crippen LogP) is 6.25. The summed E-state index contributed by atoms with van der Waals surface area (Å²) in [5, 5.41) is 8.82. The molecule has 5 aromatic rings. The van der Waals surface area contributed by atoms with E-state index in [0.29, 0.717) is 12.0 Å². The third kappa shape index (κ3) is 6.09. The van der Waals surface area contributed by atoms with Crippen LogP contribution in [0.25, 0.3) is 32.9 Å². The molecular formula is C32H32N4O3. The lowest BCUT2D eigenvalue weighted by Crippen LogP contribution is -2.46. The Hall–Kier alpha value is -4.65. The molecule has 2 amide bonds. The Kier molecular flexibility index (Phi) is 7.32. The lowest BCUT2D eigenvalue weighted by molar-refractivity contribution is 0.0519. The Labute approximate surface area is 227 Å². The standard InChI is InChI=1S/C32H32N4O3/c1-32(2,3)39-31(38)34-20-24(18-21-10-6-4-7-11-21)35-30(37)27-26-15-14-23-19-33-17-16-25(23)29(26)36-28(27)22-12-8-5-9-13-22/h4-17,19,24,36H,18,20H2,1-3H3,(H,34,38)(H,35,37)/t24-/m1/s1. The number of fused-ring (bicyclic) bond motifs is 3. The fourth-order valence-corrected chi connectivity index (χ4v) is 4.74. The second-order valence-corrected chi connectivity index (χ2v) is 10.6. The van der Waals surface area contributed by atoms with Crippen LogP contribution in [0.3, 0.4) is 0 Å². The summed E-state index contributed by atoms with van der Waals surface area (Å²) in [6, 6.07) is 25.2. The first kappa shape index (κ1) is 26.0. The van der Waals surface area contributed by atoms with E-state index in [1.807, 2.05) is 106 Å². The van der Waals surface area contributed by atoms with E-state index < -0.39 is 11.7 Å². The van der Waals surface area contributed by atoms with Crippen LogP contribution in [-0.2, 0) is 11.2 Å². The Morgan fingerprint density at radius 1 is 0.923 bits per heavy atom. The number of H-pyrrole nitrogens is 1. The Morgan fingerprint density at radius 3 is 2.36 bits per heavy atom. The highest BCUT2D eigenvalue weighted by Crippen LogP contribution is 2.34. The van der Waals surface area contributed by atoms with E-state index in [9.17, 15) is 9.59 Å². The molecule has 3 N–H and O–H groups in total. The number of pyridine rings is 1. The molecule has 0 saturated carbocycles. The minimum atomic E-state index is -0.616. The van der Waals surface area contributed by atoms with Crippen molar-refractivity contribution in [1.29, 1.82) is 0 Å². The zero-order valence-electron chi connectivity index (χ0n) is 22.3. The van der Waals surface area contributed by atoms with Gasteiger partial charge in [0.15, 0.2) is 0 Å². The van der Waals surface area contributed by atoms with Gasteiger partial charge in [0, 0.05) is 35.1 Å². The molecule has 1 atom stereocenters. The van der Waals surface area contributed by atoms with Crippen LogP contribution in [0.2, 0.25) is 0 Å². The van der Waals surface area contributed by atoms with Gasteiger partial charge in [-0.05, 0) is 44.4 Å². The third-order valence-electron chi connectivity index (χ3n) is 6.43. The second kappa shape index (κ2) is 11.0. The van der Waals surface area contributed by atoms with Crippen LogP contribution in [0.1, 0.15) is 36.7 Å². The number of carbonyl (C=O) groups is 2. The lowest BCUT2D eigenvalue weighted by atomic mass is 10.0. The van der Waals surface area contributed by atoms with Crippen molar-refractivity contribution in [2.45, 2.75) is 38.8 Å². The van der Waals surface area contributed by atoms with Crippen molar-refractivity contribution >= 4 is 33.7 Å². The molecule has 3 aromatic carbocycles. The number of nitrogens with one attached hydrogen (secondary N) is 3. The molecule has 0 aliphatic rings. The van der Waals surface area contributed by atoms with Gasteiger partial charge in [0.05, 0.1) is 22.8 Å². The summed E-state index contributed by atoms with van der Waals surface area (Å²) in [5.74, 6) is -0.222. The Balaban J connectivity index is 1.51. The number of rotatable bonds is 7. The maximum absolute atomic E-state index is 14.0. The highest BCUT2D eigenvalue weighted by molar-refractivity contribution is 6.18. The molecule has 2 aromatic heterocycles. The molecule has 198 valence electrons. The van der Waals surface area contributed by atoms with Crippen molar-refractivity contribution in [3.8, 4) is 11.3 Å². The molecule has 0 bridgehead atoms. The molecule has 0 aliphatic carbocycles. The molecule has 0 fully saturated rings. The fourth-order valence-electron chi connectivity index (χ4n) is 4.74. The van der Waals surface area contributed by atoms with Crippen molar-refractivity contribution in [3.63, 3.8) is 0 Å². The number of hydrogen-bond donors (Lipinski definition) is 3. The first-order chi connectivity index (χ1) is 18.8. The summed E-state index contributed by atoms with van der Waals surface area (Å²) in [5.41, 5.74) is 3.53. The van der Waals surface area contributed by atoms with Gasteiger partial charge in [0.2, 0.25) is 0 Å². The monoisotopic (exact) mass is 520 g/mol. The van der Waals surface area contributed by atoms with E-state index >= 15 is 0 Å². The average Bonchev–Trinajstić information content (AvgIpc) is 3.32. The molecule has 0 spiro atoms. The SMILES string of the molecule is CC(C)(C)OC(=O)NC[C@@H](Cc1ccccc1)NC(=O)c1c(-c2ccccc2)[nH]c2c1ccc1cnccc12. The van der Waals surface area contributed by atoms with E-state index in [1.54, 1.807) is 6.20 Å². The number of aromatic amines is 1. The number of hydrogen-bond acceptors (Lipinski definition) is 4. The lowest BCUT2D eigenvalue weighted by Gasteiger charge is -2.23. The number of ether oxygens (including phenoxy) is 1. The van der Waals surface area contributed by atoms with E-state index in [0.717, 1.165) is 38.5 Å². The van der Waals surface area contributed by atoms with Crippen molar-refractivity contribution in [3.05, 3.63) is 102 Å². The predicted molar refractivity (Wildman–Crippen MR) is 155 cm³/mol. The smallest absolute Gasteiger partial charge is 0.407 e. The largest absolute Gasteiger partial charge is 0.444 e. The molecule has 7 nitrogen and oxygen atoms in total. The first-order valence-electron chi connectivity index (χ1n) is 13.0. The van der Waals surface area contributed by atoms with Gasteiger partial charge in [-0.15, -0.1) is 0 Å². The second-order valence-electron chi connectivity index (χ2n) is 10.6. The molecule has 0 unspecified atom stereocenters. The first-order valence-corrected chi connectivity index (χ1v) is 13.0. The Bertz CT molecular complexity index is 1610. The summed E-state index contributed by atoms with van der Waals surface area (Å²) in [6.45, 7) is 5.67. The number of alkyl carbamates (subject to hydrolysis) is 1. The van der Waals surface area contributed by atoms with Crippen molar-refractivity contribution < 1.29 is 14.3 Å². The number of nitrogens with zero attached hydrogens (tertiary/aromatic N) is 1. The molecule has 39 heavy (non-hydrogen) atoms. The molecule has 0 aliphatic heterocycles. The van der Waals surface area contributed by atoms with Gasteiger partial charge >= 0.3 is 6.09 Å². The van der Waals surface area contributed by atoms with Crippen LogP contribution in [-0.4, -0.2) is 40.2 Å². The number of benzene rings is 3. The van der Waals surface area contributed by atoms with Gasteiger partial charge in [-0.3, -0.25) is 9.78 Å². The summed E-state index contributed by atoms with van der Waals surface area (Å²) in [7, 11) is 0. The van der Waals surface area contributed by atoms with Crippen molar-refractivity contribution in [2.24, 2.45) is 0 Å². The zero-order chi connectivity index (χ0) is 27.4. The summed E-state index contributed by atoms with van der Waals surface area (Å²) < 4.78 is 5.42. The number of amides is 2. The third-order valence-corrected chi connectivity index (χ3v) is 6.43. The van der Waals surface area contributed by atoms with Gasteiger partial charge in [0.1, 0.15) is 5.60 Å². The van der Waals surface area contributed by atoms with Gasteiger partial charge in [-0.2, -0.15) is 0 Å². The van der Waals surface area contributed by atoms with Gasteiger partial charge < -0.3 is 20.4 Å².